The highest BCUT2D eigenvalue weighted by Crippen LogP contribution is 2.23. The van der Waals surface area contributed by atoms with Gasteiger partial charge in [-0.1, -0.05) is 44.2 Å². The van der Waals surface area contributed by atoms with Crippen LogP contribution >= 0.6 is 0 Å². The van der Waals surface area contributed by atoms with E-state index in [0.717, 1.165) is 5.56 Å². The molecule has 1 saturated heterocycles. The topological polar surface area (TPSA) is 77.9 Å². The van der Waals surface area contributed by atoms with E-state index >= 15 is 0 Å². The average molecular weight is 346 g/mol. The van der Waals surface area contributed by atoms with E-state index in [2.05, 4.69) is 0 Å². The van der Waals surface area contributed by atoms with Gasteiger partial charge in [0.2, 0.25) is 11.8 Å². The number of carboxylic acids is 1. The van der Waals surface area contributed by atoms with Crippen molar-refractivity contribution in [3.63, 3.8) is 0 Å². The third-order valence-electron chi connectivity index (χ3n) is 4.27. The van der Waals surface area contributed by atoms with Crippen molar-refractivity contribution in [3.8, 4) is 0 Å². The molecule has 0 bridgehead atoms. The summed E-state index contributed by atoms with van der Waals surface area (Å²) < 4.78 is 0. The van der Waals surface area contributed by atoms with Gasteiger partial charge in [-0.2, -0.15) is 0 Å². The van der Waals surface area contributed by atoms with Gasteiger partial charge in [-0.25, -0.2) is 0 Å². The molecule has 1 heterocycles. The van der Waals surface area contributed by atoms with Crippen LogP contribution in [0.25, 0.3) is 0 Å². The molecule has 1 aromatic carbocycles. The van der Waals surface area contributed by atoms with Gasteiger partial charge in [0.15, 0.2) is 0 Å². The molecule has 2 amide bonds. The van der Waals surface area contributed by atoms with Crippen LogP contribution in [0.5, 0.6) is 0 Å². The monoisotopic (exact) mass is 346 g/mol. The van der Waals surface area contributed by atoms with E-state index < -0.39 is 5.97 Å². The first-order chi connectivity index (χ1) is 11.9. The molecule has 1 aliphatic rings. The first kappa shape index (κ1) is 19.0. The molecule has 0 radical (unpaired) electrons. The number of carboxylic acid groups (broad SMARTS) is 1. The second kappa shape index (κ2) is 8.65. The Morgan fingerprint density at radius 1 is 1.28 bits per heavy atom. The second-order valence-corrected chi connectivity index (χ2v) is 6.98. The van der Waals surface area contributed by atoms with Crippen LogP contribution in [0.15, 0.2) is 30.3 Å². The third-order valence-corrected chi connectivity index (χ3v) is 4.27. The molecule has 0 aliphatic carbocycles. The number of aliphatic carboxylic acids is 1. The van der Waals surface area contributed by atoms with E-state index in [9.17, 15) is 14.4 Å². The summed E-state index contributed by atoms with van der Waals surface area (Å²) in [4.78, 5) is 39.2. The predicted octanol–water partition coefficient (Wildman–Crippen LogP) is 1.99. The highest BCUT2D eigenvalue weighted by Gasteiger charge is 2.36. The van der Waals surface area contributed by atoms with Gasteiger partial charge in [0.25, 0.3) is 0 Å². The van der Waals surface area contributed by atoms with Crippen molar-refractivity contribution >= 4 is 17.8 Å². The Bertz CT molecular complexity index is 615. The summed E-state index contributed by atoms with van der Waals surface area (Å²) in [6.07, 6.45) is 0.125. The Kier molecular flexibility index (Phi) is 6.56. The lowest BCUT2D eigenvalue weighted by molar-refractivity contribution is -0.140. The maximum atomic E-state index is 12.8. The second-order valence-electron chi connectivity index (χ2n) is 6.98. The summed E-state index contributed by atoms with van der Waals surface area (Å²) >= 11 is 0. The van der Waals surface area contributed by atoms with Gasteiger partial charge in [-0.3, -0.25) is 14.4 Å². The number of amides is 2. The van der Waals surface area contributed by atoms with Crippen molar-refractivity contribution in [2.75, 3.05) is 19.6 Å². The summed E-state index contributed by atoms with van der Waals surface area (Å²) in [5.74, 6) is -1.20. The Balaban J connectivity index is 1.99. The highest BCUT2D eigenvalue weighted by atomic mass is 16.4. The fourth-order valence-corrected chi connectivity index (χ4v) is 3.12. The lowest BCUT2D eigenvalue weighted by Gasteiger charge is -2.26. The number of benzene rings is 1. The zero-order valence-corrected chi connectivity index (χ0v) is 14.9. The summed E-state index contributed by atoms with van der Waals surface area (Å²) in [5.41, 5.74) is 1.04. The number of carbonyl (C=O) groups excluding carboxylic acids is 2. The normalized spacial score (nSPS) is 17.2. The molecule has 1 aliphatic heterocycles. The lowest BCUT2D eigenvalue weighted by atomic mass is 10.1. The summed E-state index contributed by atoms with van der Waals surface area (Å²) in [6.45, 7) is 5.58. The molecule has 136 valence electrons. The van der Waals surface area contributed by atoms with Crippen molar-refractivity contribution in [1.29, 1.82) is 0 Å². The van der Waals surface area contributed by atoms with E-state index in [1.165, 1.54) is 0 Å². The molecular formula is C19H26N2O4. The Morgan fingerprint density at radius 3 is 2.56 bits per heavy atom. The maximum Gasteiger partial charge on any atom is 0.305 e. The lowest BCUT2D eigenvalue weighted by Crippen LogP contribution is -2.40. The molecular weight excluding hydrogens is 320 g/mol. The zero-order valence-electron chi connectivity index (χ0n) is 14.9. The number of rotatable bonds is 8. The zero-order chi connectivity index (χ0) is 18.4. The highest BCUT2D eigenvalue weighted by molar-refractivity contribution is 5.89. The molecule has 2 rings (SSSR count). The minimum Gasteiger partial charge on any atom is -0.481 e. The van der Waals surface area contributed by atoms with Crippen LogP contribution in [0.4, 0.5) is 0 Å². The molecule has 1 aromatic rings. The summed E-state index contributed by atoms with van der Waals surface area (Å²) in [7, 11) is 0. The van der Waals surface area contributed by atoms with Gasteiger partial charge in [-0.15, -0.1) is 0 Å². The molecule has 25 heavy (non-hydrogen) atoms. The third kappa shape index (κ3) is 5.59. The SMILES string of the molecule is CC(C)CN(CCC(=O)O)C(=O)C1CC(=O)N(Cc2ccccc2)C1. The van der Waals surface area contributed by atoms with Gasteiger partial charge in [0, 0.05) is 32.6 Å². The molecule has 6 heteroatoms. The summed E-state index contributed by atoms with van der Waals surface area (Å²) in [6, 6.07) is 9.69. The van der Waals surface area contributed by atoms with Crippen LogP contribution in [-0.4, -0.2) is 52.3 Å². The minimum absolute atomic E-state index is 0.0232. The van der Waals surface area contributed by atoms with E-state index in [0.29, 0.717) is 19.6 Å². The largest absolute Gasteiger partial charge is 0.481 e. The molecule has 0 spiro atoms. The van der Waals surface area contributed by atoms with E-state index in [-0.39, 0.29) is 43.0 Å². The van der Waals surface area contributed by atoms with E-state index in [1.54, 1.807) is 9.80 Å². The number of likely N-dealkylation sites (tertiary alicyclic amines) is 1. The smallest absolute Gasteiger partial charge is 0.305 e. The number of nitrogens with zero attached hydrogens (tertiary/aromatic N) is 2. The molecule has 1 fully saturated rings. The molecule has 1 atom stereocenters. The predicted molar refractivity (Wildman–Crippen MR) is 93.6 cm³/mol. The molecule has 1 unspecified atom stereocenters. The summed E-state index contributed by atoms with van der Waals surface area (Å²) in [5, 5.41) is 8.89. The van der Waals surface area contributed by atoms with E-state index in [1.807, 2.05) is 44.2 Å². The van der Waals surface area contributed by atoms with Gasteiger partial charge in [0.05, 0.1) is 12.3 Å². The van der Waals surface area contributed by atoms with Crippen LogP contribution < -0.4 is 0 Å². The van der Waals surface area contributed by atoms with Gasteiger partial charge in [0.1, 0.15) is 0 Å². The number of hydrogen-bond acceptors (Lipinski definition) is 3. The fourth-order valence-electron chi connectivity index (χ4n) is 3.12. The van der Waals surface area contributed by atoms with Crippen molar-refractivity contribution in [2.24, 2.45) is 11.8 Å². The quantitative estimate of drug-likeness (QED) is 0.781. The van der Waals surface area contributed by atoms with Crippen molar-refractivity contribution in [3.05, 3.63) is 35.9 Å². The standard InChI is InChI=1S/C19H26N2O4/c1-14(2)11-20(9-8-18(23)24)19(25)16-10-17(22)21(13-16)12-15-6-4-3-5-7-15/h3-7,14,16H,8-13H2,1-2H3,(H,23,24). The van der Waals surface area contributed by atoms with Crippen molar-refractivity contribution in [1.82, 2.24) is 9.80 Å². The maximum absolute atomic E-state index is 12.8. The number of hydrogen-bond donors (Lipinski definition) is 1. The fraction of sp³-hybridized carbons (Fsp3) is 0.526. The molecule has 0 saturated carbocycles. The van der Waals surface area contributed by atoms with Crippen LogP contribution in [0.1, 0.15) is 32.3 Å². The molecule has 0 aromatic heterocycles. The molecule has 1 N–H and O–H groups in total. The van der Waals surface area contributed by atoms with Crippen molar-refractivity contribution < 1.29 is 19.5 Å². The van der Waals surface area contributed by atoms with Crippen molar-refractivity contribution in [2.45, 2.75) is 33.2 Å². The van der Waals surface area contributed by atoms with E-state index in [4.69, 9.17) is 5.11 Å². The first-order valence-corrected chi connectivity index (χ1v) is 8.69. The van der Waals surface area contributed by atoms with Crippen LogP contribution in [0.3, 0.4) is 0 Å². The minimum atomic E-state index is -0.922. The van der Waals surface area contributed by atoms with Gasteiger partial charge < -0.3 is 14.9 Å². The Morgan fingerprint density at radius 2 is 1.96 bits per heavy atom. The van der Waals surface area contributed by atoms with Gasteiger partial charge >= 0.3 is 5.97 Å². The van der Waals surface area contributed by atoms with Crippen LogP contribution in [-0.2, 0) is 20.9 Å². The van der Waals surface area contributed by atoms with Gasteiger partial charge in [-0.05, 0) is 11.5 Å². The molecule has 6 nitrogen and oxygen atoms in total. The Labute approximate surface area is 148 Å². The van der Waals surface area contributed by atoms with Crippen LogP contribution in [0.2, 0.25) is 0 Å². The first-order valence-electron chi connectivity index (χ1n) is 8.69. The number of carbonyl (C=O) groups is 3. The average Bonchev–Trinajstić information content (AvgIpc) is 2.92. The van der Waals surface area contributed by atoms with Crippen LogP contribution in [0, 0.1) is 11.8 Å². The Hall–Kier alpha value is -2.37.